The Labute approximate surface area is 233 Å². The third-order valence-corrected chi connectivity index (χ3v) is 8.29. The molecule has 0 saturated heterocycles. The molecule has 214 valence electrons. The minimum absolute atomic E-state index is 0.0330. The van der Waals surface area contributed by atoms with E-state index < -0.39 is 48.1 Å². The molecule has 4 rings (SSSR count). The molecule has 2 aromatic heterocycles. The molecule has 3 N–H and O–H groups in total. The minimum Gasteiger partial charge on any atom is -0.368 e. The standard InChI is InChI=1S/C24H21F3N4O2S2.CH4O3S/c1-24(2,3)22-31-19(20(34-22)17-10-11-29-23(28)30-17)14-7-4-6-13(18(14)27)12-35(32,33)21-15(25)8-5-9-16(21)26;1-5(2,3)4/h4-11H,12H2,1-3H3,(H2,28,29,30);1H3,(H,2,3,4). The van der Waals surface area contributed by atoms with Crippen LogP contribution in [0.15, 0.2) is 53.6 Å². The van der Waals surface area contributed by atoms with Crippen LogP contribution in [0.1, 0.15) is 31.3 Å². The van der Waals surface area contributed by atoms with E-state index in [0.717, 1.165) is 18.2 Å². The molecule has 0 spiro atoms. The maximum Gasteiger partial charge on any atom is 0.261 e. The summed E-state index contributed by atoms with van der Waals surface area (Å²) in [4.78, 5) is 12.2. The zero-order valence-electron chi connectivity index (χ0n) is 21.7. The van der Waals surface area contributed by atoms with Gasteiger partial charge < -0.3 is 5.73 Å². The molecule has 15 heteroatoms. The lowest BCUT2D eigenvalue weighted by Gasteiger charge is -2.13. The first kappa shape index (κ1) is 31.1. The molecule has 2 heterocycles. The Balaban J connectivity index is 0.000000810. The van der Waals surface area contributed by atoms with Gasteiger partial charge in [-0.1, -0.05) is 39.0 Å². The number of nitrogens with two attached hydrogens (primary N) is 1. The molecule has 0 fully saturated rings. The van der Waals surface area contributed by atoms with E-state index in [1.165, 1.54) is 35.7 Å². The summed E-state index contributed by atoms with van der Waals surface area (Å²) in [6.07, 6.45) is 2.19. The highest BCUT2D eigenvalue weighted by Crippen LogP contribution is 2.41. The van der Waals surface area contributed by atoms with Gasteiger partial charge in [0.25, 0.3) is 10.1 Å². The molecule has 2 aromatic carbocycles. The van der Waals surface area contributed by atoms with Crippen LogP contribution in [0.25, 0.3) is 21.8 Å². The third kappa shape index (κ3) is 7.62. The van der Waals surface area contributed by atoms with Crippen LogP contribution in [-0.4, -0.2) is 42.6 Å². The SMILES string of the molecule is CC(C)(C)c1nc(-c2cccc(CS(=O)(=O)c3c(F)cccc3F)c2F)c(-c2ccnc(N)n2)s1.CS(=O)(=O)O. The van der Waals surface area contributed by atoms with E-state index in [0.29, 0.717) is 21.8 Å². The summed E-state index contributed by atoms with van der Waals surface area (Å²) in [5.74, 6) is -4.23. The summed E-state index contributed by atoms with van der Waals surface area (Å²) in [5.41, 5.74) is 5.85. The number of nitrogens with zero attached hydrogens (tertiary/aromatic N) is 3. The Bertz CT molecular complexity index is 1740. The molecule has 0 aliphatic rings. The van der Waals surface area contributed by atoms with Crippen molar-refractivity contribution in [2.75, 3.05) is 12.0 Å². The van der Waals surface area contributed by atoms with Gasteiger partial charge in [0.2, 0.25) is 5.95 Å². The number of sulfone groups is 1. The number of hydrogen-bond acceptors (Lipinski definition) is 9. The highest BCUT2D eigenvalue weighted by atomic mass is 32.2. The van der Waals surface area contributed by atoms with Gasteiger partial charge >= 0.3 is 0 Å². The van der Waals surface area contributed by atoms with Gasteiger partial charge in [0, 0.05) is 22.7 Å². The van der Waals surface area contributed by atoms with Crippen molar-refractivity contribution in [3.63, 3.8) is 0 Å². The maximum absolute atomic E-state index is 15.7. The summed E-state index contributed by atoms with van der Waals surface area (Å²) < 4.78 is 95.5. The van der Waals surface area contributed by atoms with E-state index in [1.54, 1.807) is 6.07 Å². The maximum atomic E-state index is 15.7. The van der Waals surface area contributed by atoms with Gasteiger partial charge in [-0.15, -0.1) is 11.3 Å². The molecular formula is C25H25F3N4O5S3. The summed E-state index contributed by atoms with van der Waals surface area (Å²) in [7, 11) is -8.19. The number of thiazole rings is 1. The average molecular weight is 615 g/mol. The van der Waals surface area contributed by atoms with E-state index in [1.807, 2.05) is 20.8 Å². The summed E-state index contributed by atoms with van der Waals surface area (Å²) in [6.45, 7) is 5.86. The molecular weight excluding hydrogens is 589 g/mol. The van der Waals surface area contributed by atoms with Gasteiger partial charge in [-0.2, -0.15) is 8.42 Å². The van der Waals surface area contributed by atoms with Crippen LogP contribution in [0.2, 0.25) is 0 Å². The zero-order valence-corrected chi connectivity index (χ0v) is 24.1. The highest BCUT2D eigenvalue weighted by Gasteiger charge is 2.29. The number of nitrogen functional groups attached to an aromatic ring is 1. The summed E-state index contributed by atoms with van der Waals surface area (Å²) in [5, 5.41) is 0.700. The smallest absolute Gasteiger partial charge is 0.261 e. The van der Waals surface area contributed by atoms with Gasteiger partial charge in [0.15, 0.2) is 9.84 Å². The first-order valence-corrected chi connectivity index (χ1v) is 15.7. The molecule has 9 nitrogen and oxygen atoms in total. The van der Waals surface area contributed by atoms with Crippen molar-refractivity contribution < 1.29 is 34.6 Å². The van der Waals surface area contributed by atoms with E-state index >= 15 is 4.39 Å². The Morgan fingerprint density at radius 1 is 0.950 bits per heavy atom. The second kappa shape index (κ2) is 11.6. The zero-order chi connectivity index (χ0) is 30.0. The summed E-state index contributed by atoms with van der Waals surface area (Å²) >= 11 is 1.31. The average Bonchev–Trinajstić information content (AvgIpc) is 3.25. The van der Waals surface area contributed by atoms with E-state index in [-0.39, 0.29) is 28.2 Å². The highest BCUT2D eigenvalue weighted by molar-refractivity contribution is 7.90. The predicted octanol–water partition coefficient (Wildman–Crippen LogP) is 5.04. The van der Waals surface area contributed by atoms with Gasteiger partial charge in [-0.3, -0.25) is 4.55 Å². The van der Waals surface area contributed by atoms with E-state index in [2.05, 4.69) is 15.0 Å². The van der Waals surface area contributed by atoms with Crippen LogP contribution < -0.4 is 5.73 Å². The topological polar surface area (TPSA) is 153 Å². The lowest BCUT2D eigenvalue weighted by Crippen LogP contribution is -2.11. The van der Waals surface area contributed by atoms with Crippen LogP contribution in [0.4, 0.5) is 19.1 Å². The number of halogens is 3. The molecule has 0 atom stereocenters. The van der Waals surface area contributed by atoms with Crippen LogP contribution in [-0.2, 0) is 31.1 Å². The van der Waals surface area contributed by atoms with Crippen LogP contribution >= 0.6 is 11.3 Å². The molecule has 0 amide bonds. The van der Waals surface area contributed by atoms with Crippen LogP contribution in [0.3, 0.4) is 0 Å². The van der Waals surface area contributed by atoms with Crippen molar-refractivity contribution in [2.24, 2.45) is 0 Å². The van der Waals surface area contributed by atoms with Gasteiger partial charge in [0.05, 0.1) is 33.3 Å². The Morgan fingerprint density at radius 2 is 1.52 bits per heavy atom. The van der Waals surface area contributed by atoms with Crippen molar-refractivity contribution in [1.29, 1.82) is 0 Å². The second-order valence-electron chi connectivity index (χ2n) is 9.57. The third-order valence-electron chi connectivity index (χ3n) is 5.08. The Hall–Kier alpha value is -3.40. The fourth-order valence-electron chi connectivity index (χ4n) is 3.43. The molecule has 0 bridgehead atoms. The monoisotopic (exact) mass is 614 g/mol. The van der Waals surface area contributed by atoms with Gasteiger partial charge in [0.1, 0.15) is 22.3 Å². The Kier molecular flexibility index (Phi) is 9.03. The molecule has 0 saturated carbocycles. The van der Waals surface area contributed by atoms with Crippen molar-refractivity contribution >= 4 is 37.2 Å². The number of hydrogen-bond donors (Lipinski definition) is 2. The van der Waals surface area contributed by atoms with E-state index in [9.17, 15) is 25.6 Å². The van der Waals surface area contributed by atoms with Gasteiger partial charge in [-0.25, -0.2) is 36.5 Å². The first-order chi connectivity index (χ1) is 18.4. The fraction of sp³-hybridized carbons (Fsp3) is 0.240. The number of rotatable bonds is 5. The molecule has 0 unspecified atom stereocenters. The van der Waals surface area contributed by atoms with Crippen LogP contribution in [0.5, 0.6) is 0 Å². The molecule has 4 aromatic rings. The normalized spacial score (nSPS) is 12.1. The van der Waals surface area contributed by atoms with Gasteiger partial charge in [-0.05, 0) is 24.3 Å². The molecule has 40 heavy (non-hydrogen) atoms. The first-order valence-electron chi connectivity index (χ1n) is 11.4. The Morgan fingerprint density at radius 3 is 2.08 bits per heavy atom. The quantitative estimate of drug-likeness (QED) is 0.294. The van der Waals surface area contributed by atoms with Crippen molar-refractivity contribution in [3.05, 3.63) is 76.7 Å². The molecule has 0 radical (unpaired) electrons. The van der Waals surface area contributed by atoms with Crippen molar-refractivity contribution in [1.82, 2.24) is 15.0 Å². The van der Waals surface area contributed by atoms with E-state index in [4.69, 9.17) is 10.3 Å². The second-order valence-corrected chi connectivity index (χ2v) is 14.0. The fourth-order valence-corrected chi connectivity index (χ4v) is 6.04. The number of benzene rings is 2. The van der Waals surface area contributed by atoms with Crippen LogP contribution in [0, 0.1) is 17.5 Å². The lowest BCUT2D eigenvalue weighted by molar-refractivity contribution is 0.490. The minimum atomic E-state index is -4.53. The van der Waals surface area contributed by atoms with Crippen molar-refractivity contribution in [3.8, 4) is 21.8 Å². The molecule has 0 aliphatic carbocycles. The number of anilines is 1. The summed E-state index contributed by atoms with van der Waals surface area (Å²) in [6, 6.07) is 8.54. The van der Waals surface area contributed by atoms with Crippen molar-refractivity contribution in [2.45, 2.75) is 36.8 Å². The lowest BCUT2D eigenvalue weighted by atomic mass is 9.98. The number of aromatic nitrogens is 3. The largest absolute Gasteiger partial charge is 0.368 e. The molecule has 0 aliphatic heterocycles. The predicted molar refractivity (Wildman–Crippen MR) is 146 cm³/mol.